The molecular weight excluding hydrogens is 117 g/mol. The molecule has 9 heavy (non-hydrogen) atoms. The average Bonchev–Trinajstić information content (AvgIpc) is 1.91. The topological polar surface area (TPSA) is 3.24 Å². The summed E-state index contributed by atoms with van der Waals surface area (Å²) in [4.78, 5) is 2.13. The molecule has 0 aromatic rings. The van der Waals surface area contributed by atoms with Gasteiger partial charge in [0.25, 0.3) is 0 Å². The minimum Gasteiger partial charge on any atom is -0.300 e. The van der Waals surface area contributed by atoms with E-state index in [1.54, 1.807) is 0 Å². The van der Waals surface area contributed by atoms with E-state index in [1.165, 1.54) is 6.08 Å². The molecule has 1 nitrogen and oxygen atoms in total. The lowest BCUT2D eigenvalue weighted by molar-refractivity contribution is 0.336. The summed E-state index contributed by atoms with van der Waals surface area (Å²) < 4.78 is 11.4. The third-order valence-corrected chi connectivity index (χ3v) is 1.35. The molecule has 0 amide bonds. The van der Waals surface area contributed by atoms with E-state index in [-0.39, 0.29) is 0 Å². The lowest BCUT2D eigenvalue weighted by Crippen LogP contribution is -2.22. The van der Waals surface area contributed by atoms with Gasteiger partial charge >= 0.3 is 0 Å². The van der Waals surface area contributed by atoms with Gasteiger partial charge in [0.05, 0.1) is 6.33 Å². The van der Waals surface area contributed by atoms with Crippen LogP contribution in [-0.2, 0) is 0 Å². The Bertz CT molecular complexity index is 77.0. The second-order valence-electron chi connectivity index (χ2n) is 1.85. The van der Waals surface area contributed by atoms with Gasteiger partial charge in [-0.15, -0.1) is 0 Å². The maximum absolute atomic E-state index is 11.4. The van der Waals surface area contributed by atoms with E-state index in [9.17, 15) is 4.39 Å². The molecule has 0 aliphatic carbocycles. The number of halogens is 1. The predicted octanol–water partition coefficient (Wildman–Crippen LogP) is 1.81. The van der Waals surface area contributed by atoms with Crippen LogP contribution in [0.1, 0.15) is 13.8 Å². The van der Waals surface area contributed by atoms with E-state index in [1.807, 2.05) is 0 Å². The number of hydrogen-bond donors (Lipinski definition) is 0. The molecule has 0 aliphatic rings. The molecule has 0 radical (unpaired) electrons. The van der Waals surface area contributed by atoms with Crippen LogP contribution >= 0.6 is 0 Å². The minimum absolute atomic E-state index is 0.596. The van der Waals surface area contributed by atoms with E-state index in [4.69, 9.17) is 0 Å². The molecule has 54 valence electrons. The molecule has 0 saturated heterocycles. The first-order chi connectivity index (χ1) is 4.35. The van der Waals surface area contributed by atoms with Gasteiger partial charge in [-0.1, -0.05) is 13.8 Å². The van der Waals surface area contributed by atoms with Crippen molar-refractivity contribution in [3.05, 3.63) is 12.4 Å². The Hall–Kier alpha value is -0.370. The second-order valence-corrected chi connectivity index (χ2v) is 1.85. The first-order valence-corrected chi connectivity index (χ1v) is 3.32. The van der Waals surface area contributed by atoms with Gasteiger partial charge in [-0.3, -0.25) is 0 Å². The quantitative estimate of drug-likeness (QED) is 0.562. The van der Waals surface area contributed by atoms with Crippen molar-refractivity contribution in [2.45, 2.75) is 13.8 Å². The van der Waals surface area contributed by atoms with Crippen LogP contribution in [0.3, 0.4) is 0 Å². The van der Waals surface area contributed by atoms with Crippen LogP contribution in [0.2, 0.25) is 0 Å². The van der Waals surface area contributed by atoms with Crippen molar-refractivity contribution in [3.8, 4) is 0 Å². The Labute approximate surface area is 56.2 Å². The molecule has 0 rings (SSSR count). The first-order valence-electron chi connectivity index (χ1n) is 3.32. The summed E-state index contributed by atoms with van der Waals surface area (Å²) in [7, 11) is 0. The molecule has 2 heteroatoms. The molecule has 0 bridgehead atoms. The number of likely N-dealkylation sites (N-methyl/N-ethyl adjacent to an activating group) is 1. The van der Waals surface area contributed by atoms with Crippen LogP contribution in [0.4, 0.5) is 4.39 Å². The van der Waals surface area contributed by atoms with Crippen molar-refractivity contribution in [1.82, 2.24) is 4.90 Å². The lowest BCUT2D eigenvalue weighted by Gasteiger charge is -2.14. The number of nitrogens with zero attached hydrogens (tertiary/aromatic N) is 1. The SMILES string of the molecule is CCN(CC)C/C=C/F. The smallest absolute Gasteiger partial charge is 0.0839 e. The van der Waals surface area contributed by atoms with Gasteiger partial charge in [0.2, 0.25) is 0 Å². The van der Waals surface area contributed by atoms with Crippen LogP contribution in [0.5, 0.6) is 0 Å². The van der Waals surface area contributed by atoms with Crippen LogP contribution in [-0.4, -0.2) is 24.5 Å². The lowest BCUT2D eigenvalue weighted by atomic mass is 10.5. The predicted molar refractivity (Wildman–Crippen MR) is 38.0 cm³/mol. The second kappa shape index (κ2) is 5.76. The standard InChI is InChI=1S/C7H14FN/c1-3-9(4-2)7-5-6-8/h5-6H,3-4,7H2,1-2H3/b6-5+. The van der Waals surface area contributed by atoms with Crippen molar-refractivity contribution in [1.29, 1.82) is 0 Å². The maximum Gasteiger partial charge on any atom is 0.0839 e. The van der Waals surface area contributed by atoms with Crippen molar-refractivity contribution in [2.24, 2.45) is 0 Å². The van der Waals surface area contributed by atoms with Gasteiger partial charge in [-0.05, 0) is 19.2 Å². The molecule has 0 aliphatic heterocycles. The monoisotopic (exact) mass is 131 g/mol. The highest BCUT2D eigenvalue weighted by Crippen LogP contribution is 1.86. The molecule has 0 N–H and O–H groups in total. The highest BCUT2D eigenvalue weighted by molar-refractivity contribution is 4.76. The summed E-state index contributed by atoms with van der Waals surface area (Å²) >= 11 is 0. The van der Waals surface area contributed by atoms with E-state index < -0.39 is 0 Å². The Morgan fingerprint density at radius 1 is 1.33 bits per heavy atom. The zero-order valence-electron chi connectivity index (χ0n) is 6.10. The van der Waals surface area contributed by atoms with E-state index in [0.29, 0.717) is 6.33 Å². The molecule has 0 saturated carbocycles. The van der Waals surface area contributed by atoms with Gasteiger partial charge in [0.15, 0.2) is 0 Å². The Morgan fingerprint density at radius 2 is 1.89 bits per heavy atom. The molecule has 0 aromatic carbocycles. The fourth-order valence-corrected chi connectivity index (χ4v) is 0.671. The third-order valence-electron chi connectivity index (χ3n) is 1.35. The number of hydrogen-bond acceptors (Lipinski definition) is 1. The molecule has 0 heterocycles. The fourth-order valence-electron chi connectivity index (χ4n) is 0.671. The molecular formula is C7H14FN. The van der Waals surface area contributed by atoms with Gasteiger partial charge in [-0.2, -0.15) is 0 Å². The van der Waals surface area contributed by atoms with Crippen molar-refractivity contribution >= 4 is 0 Å². The summed E-state index contributed by atoms with van der Waals surface area (Å²) in [6.45, 7) is 6.83. The van der Waals surface area contributed by atoms with E-state index in [0.717, 1.165) is 19.6 Å². The van der Waals surface area contributed by atoms with Crippen LogP contribution in [0.25, 0.3) is 0 Å². The Kier molecular flexibility index (Phi) is 5.52. The summed E-state index contributed by atoms with van der Waals surface area (Å²) in [6, 6.07) is 0. The van der Waals surface area contributed by atoms with Gasteiger partial charge < -0.3 is 4.90 Å². The van der Waals surface area contributed by atoms with Crippen LogP contribution in [0.15, 0.2) is 12.4 Å². The fraction of sp³-hybridized carbons (Fsp3) is 0.714. The van der Waals surface area contributed by atoms with Gasteiger partial charge in [0, 0.05) is 6.54 Å². The van der Waals surface area contributed by atoms with Crippen LogP contribution in [0, 0.1) is 0 Å². The summed E-state index contributed by atoms with van der Waals surface area (Å²) in [6.07, 6.45) is 2.12. The van der Waals surface area contributed by atoms with Crippen LogP contribution < -0.4 is 0 Å². The molecule has 0 unspecified atom stereocenters. The average molecular weight is 131 g/mol. The van der Waals surface area contributed by atoms with Crippen molar-refractivity contribution < 1.29 is 4.39 Å². The molecule has 0 atom stereocenters. The van der Waals surface area contributed by atoms with Gasteiger partial charge in [0.1, 0.15) is 0 Å². The maximum atomic E-state index is 11.4. The minimum atomic E-state index is 0.596. The van der Waals surface area contributed by atoms with Crippen molar-refractivity contribution in [3.63, 3.8) is 0 Å². The summed E-state index contributed by atoms with van der Waals surface area (Å²) in [5.74, 6) is 0. The van der Waals surface area contributed by atoms with E-state index in [2.05, 4.69) is 18.7 Å². The zero-order valence-corrected chi connectivity index (χ0v) is 6.10. The first kappa shape index (κ1) is 8.63. The molecule has 0 spiro atoms. The van der Waals surface area contributed by atoms with E-state index >= 15 is 0 Å². The summed E-state index contributed by atoms with van der Waals surface area (Å²) in [5.41, 5.74) is 0. The molecule has 0 aromatic heterocycles. The zero-order chi connectivity index (χ0) is 7.11. The Balaban J connectivity index is 3.31. The highest BCUT2D eigenvalue weighted by Gasteiger charge is 1.92. The molecule has 0 fully saturated rings. The van der Waals surface area contributed by atoms with Gasteiger partial charge in [-0.25, -0.2) is 4.39 Å². The number of rotatable bonds is 4. The third kappa shape index (κ3) is 4.15. The normalized spacial score (nSPS) is 11.6. The van der Waals surface area contributed by atoms with Crippen molar-refractivity contribution in [2.75, 3.05) is 19.6 Å². The highest BCUT2D eigenvalue weighted by atomic mass is 19.1. The summed E-state index contributed by atoms with van der Waals surface area (Å²) in [5, 5.41) is 0. The Morgan fingerprint density at radius 3 is 2.22 bits per heavy atom. The largest absolute Gasteiger partial charge is 0.300 e.